The molecule has 1 aromatic carbocycles. The summed E-state index contributed by atoms with van der Waals surface area (Å²) in [5.74, 6) is -1.91. The molecule has 0 heterocycles. The number of carbonyl (C=O) groups is 2. The molecule has 1 amide bonds. The summed E-state index contributed by atoms with van der Waals surface area (Å²) < 4.78 is 0. The van der Waals surface area contributed by atoms with Crippen LogP contribution in [-0.4, -0.2) is 23.0 Å². The monoisotopic (exact) mass is 295 g/mol. The van der Waals surface area contributed by atoms with Crippen molar-refractivity contribution < 1.29 is 14.7 Å². The summed E-state index contributed by atoms with van der Waals surface area (Å²) in [5.41, 5.74) is 1.78. The van der Waals surface area contributed by atoms with Crippen molar-refractivity contribution in [2.24, 2.45) is 5.92 Å². The highest BCUT2D eigenvalue weighted by atomic mass is 35.5. The van der Waals surface area contributed by atoms with Crippen LogP contribution >= 0.6 is 11.6 Å². The van der Waals surface area contributed by atoms with Gasteiger partial charge in [0.05, 0.1) is 5.92 Å². The molecular weight excluding hydrogens is 278 g/mol. The number of hydrogen-bond acceptors (Lipinski definition) is 2. The second kappa shape index (κ2) is 7.10. The number of carboxylic acid groups (broad SMARTS) is 1. The minimum atomic E-state index is -0.938. The largest absolute Gasteiger partial charge is 0.481 e. The van der Waals surface area contributed by atoms with Gasteiger partial charge in [0.15, 0.2) is 0 Å². The molecule has 0 saturated heterocycles. The van der Waals surface area contributed by atoms with Crippen LogP contribution in [0.25, 0.3) is 6.08 Å². The number of aryl methyl sites for hydroxylation is 1. The average molecular weight is 296 g/mol. The maximum absolute atomic E-state index is 11.7. The van der Waals surface area contributed by atoms with Crippen molar-refractivity contribution in [3.05, 3.63) is 40.4 Å². The highest BCUT2D eigenvalue weighted by Gasteiger charge is 2.19. The third-order valence-electron chi connectivity index (χ3n) is 3.13. The Bertz CT molecular complexity index is 540. The zero-order valence-electron chi connectivity index (χ0n) is 11.7. The summed E-state index contributed by atoms with van der Waals surface area (Å²) in [6, 6.07) is 5.05. The molecule has 0 saturated carbocycles. The van der Waals surface area contributed by atoms with Crippen molar-refractivity contribution in [3.8, 4) is 0 Å². The quantitative estimate of drug-likeness (QED) is 0.821. The molecular formula is C15H18ClNO3. The topological polar surface area (TPSA) is 66.4 Å². The molecule has 0 aliphatic rings. The molecule has 4 nitrogen and oxygen atoms in total. The molecule has 1 aromatic rings. The van der Waals surface area contributed by atoms with Crippen LogP contribution < -0.4 is 5.32 Å². The molecule has 2 N–H and O–H groups in total. The fourth-order valence-electron chi connectivity index (χ4n) is 1.50. The van der Waals surface area contributed by atoms with Gasteiger partial charge in [0.2, 0.25) is 5.91 Å². The van der Waals surface area contributed by atoms with E-state index < -0.39 is 17.9 Å². The normalized spacial score (nSPS) is 14.0. The Morgan fingerprint density at radius 2 is 2.00 bits per heavy atom. The number of carbonyl (C=O) groups excluding carboxylic acids is 1. The minimum absolute atomic E-state index is 0.331. The van der Waals surface area contributed by atoms with Crippen LogP contribution in [0, 0.1) is 12.8 Å². The number of rotatable bonds is 5. The Hall–Kier alpha value is -1.81. The summed E-state index contributed by atoms with van der Waals surface area (Å²) in [7, 11) is 0. The van der Waals surface area contributed by atoms with Gasteiger partial charge in [-0.3, -0.25) is 9.59 Å². The van der Waals surface area contributed by atoms with E-state index in [1.807, 2.05) is 19.1 Å². The lowest BCUT2D eigenvalue weighted by Crippen LogP contribution is -2.39. The van der Waals surface area contributed by atoms with Crippen LogP contribution in [0.4, 0.5) is 0 Å². The molecule has 5 heteroatoms. The van der Waals surface area contributed by atoms with Crippen LogP contribution in [0.15, 0.2) is 24.3 Å². The van der Waals surface area contributed by atoms with E-state index in [0.29, 0.717) is 5.02 Å². The summed E-state index contributed by atoms with van der Waals surface area (Å²) in [5, 5.41) is 12.1. The lowest BCUT2D eigenvalue weighted by Gasteiger charge is -2.16. The van der Waals surface area contributed by atoms with E-state index in [-0.39, 0.29) is 5.91 Å². The van der Waals surface area contributed by atoms with Crippen molar-refractivity contribution in [2.75, 3.05) is 0 Å². The zero-order valence-corrected chi connectivity index (χ0v) is 12.4. The molecule has 20 heavy (non-hydrogen) atoms. The second-order valence-electron chi connectivity index (χ2n) is 4.77. The predicted molar refractivity (Wildman–Crippen MR) is 79.6 cm³/mol. The van der Waals surface area contributed by atoms with E-state index in [1.54, 1.807) is 26.0 Å². The number of carboxylic acids is 1. The van der Waals surface area contributed by atoms with Crippen LogP contribution in [-0.2, 0) is 9.59 Å². The smallest absolute Gasteiger partial charge is 0.308 e. The number of aliphatic carboxylic acids is 1. The number of benzene rings is 1. The molecule has 0 spiro atoms. The van der Waals surface area contributed by atoms with Gasteiger partial charge < -0.3 is 10.4 Å². The lowest BCUT2D eigenvalue weighted by molar-refractivity contribution is -0.142. The Morgan fingerprint density at radius 1 is 1.35 bits per heavy atom. The maximum atomic E-state index is 11.7. The molecule has 0 bridgehead atoms. The predicted octanol–water partition coefficient (Wildman–Crippen LogP) is 2.89. The fourth-order valence-corrected chi connectivity index (χ4v) is 1.69. The first-order chi connectivity index (χ1) is 9.31. The Balaban J connectivity index is 2.63. The van der Waals surface area contributed by atoms with Crippen LogP contribution in [0.3, 0.4) is 0 Å². The van der Waals surface area contributed by atoms with Crippen LogP contribution in [0.2, 0.25) is 5.02 Å². The minimum Gasteiger partial charge on any atom is -0.481 e. The van der Waals surface area contributed by atoms with Gasteiger partial charge in [-0.25, -0.2) is 0 Å². The van der Waals surface area contributed by atoms with E-state index >= 15 is 0 Å². The van der Waals surface area contributed by atoms with E-state index in [1.165, 1.54) is 6.08 Å². The lowest BCUT2D eigenvalue weighted by atomic mass is 10.0. The second-order valence-corrected chi connectivity index (χ2v) is 5.17. The molecule has 2 atom stereocenters. The molecule has 0 radical (unpaired) electrons. The maximum Gasteiger partial charge on any atom is 0.308 e. The van der Waals surface area contributed by atoms with E-state index in [2.05, 4.69) is 5.32 Å². The highest BCUT2D eigenvalue weighted by molar-refractivity contribution is 6.31. The van der Waals surface area contributed by atoms with Gasteiger partial charge in [0.25, 0.3) is 0 Å². The van der Waals surface area contributed by atoms with Gasteiger partial charge in [-0.15, -0.1) is 0 Å². The van der Waals surface area contributed by atoms with E-state index in [4.69, 9.17) is 16.7 Å². The summed E-state index contributed by atoms with van der Waals surface area (Å²) in [6.45, 7) is 5.11. The van der Waals surface area contributed by atoms with Gasteiger partial charge in [0, 0.05) is 17.1 Å². The highest BCUT2D eigenvalue weighted by Crippen LogP contribution is 2.17. The van der Waals surface area contributed by atoms with Crippen LogP contribution in [0.5, 0.6) is 0 Å². The van der Waals surface area contributed by atoms with Gasteiger partial charge in [0.1, 0.15) is 0 Å². The summed E-state index contributed by atoms with van der Waals surface area (Å²) in [6.07, 6.45) is 3.00. The molecule has 1 rings (SSSR count). The SMILES string of the molecule is Cc1ccc(/C=C/C(=O)NC(C)C(C)C(=O)O)cc1Cl. The van der Waals surface area contributed by atoms with Crippen molar-refractivity contribution in [3.63, 3.8) is 0 Å². The summed E-state index contributed by atoms with van der Waals surface area (Å²) >= 11 is 5.99. The van der Waals surface area contributed by atoms with E-state index in [9.17, 15) is 9.59 Å². The standard InChI is InChI=1S/C15H18ClNO3/c1-9-4-5-12(8-13(9)16)6-7-14(18)17-11(3)10(2)15(19)20/h4-8,10-11H,1-3H3,(H,17,18)(H,19,20)/b7-6+. The first-order valence-corrected chi connectivity index (χ1v) is 6.66. The number of hydrogen-bond donors (Lipinski definition) is 2. The Morgan fingerprint density at radius 3 is 2.55 bits per heavy atom. The average Bonchev–Trinajstić information content (AvgIpc) is 2.39. The molecule has 2 unspecified atom stereocenters. The molecule has 0 aliphatic carbocycles. The molecule has 0 aromatic heterocycles. The number of halogens is 1. The molecule has 0 fully saturated rings. The summed E-state index contributed by atoms with van der Waals surface area (Å²) in [4.78, 5) is 22.5. The fraction of sp³-hybridized carbons (Fsp3) is 0.333. The molecule has 108 valence electrons. The first-order valence-electron chi connectivity index (χ1n) is 6.28. The number of nitrogens with one attached hydrogen (secondary N) is 1. The van der Waals surface area contributed by atoms with Crippen molar-refractivity contribution >= 4 is 29.6 Å². The third-order valence-corrected chi connectivity index (χ3v) is 3.54. The Kier molecular flexibility index (Phi) is 5.77. The zero-order chi connectivity index (χ0) is 15.3. The third kappa shape index (κ3) is 4.70. The number of amides is 1. The van der Waals surface area contributed by atoms with Crippen LogP contribution in [0.1, 0.15) is 25.0 Å². The van der Waals surface area contributed by atoms with E-state index in [0.717, 1.165) is 11.1 Å². The Labute approximate surface area is 123 Å². The van der Waals surface area contributed by atoms with Crippen molar-refractivity contribution in [2.45, 2.75) is 26.8 Å². The van der Waals surface area contributed by atoms with Gasteiger partial charge in [-0.2, -0.15) is 0 Å². The van der Waals surface area contributed by atoms with Crippen molar-refractivity contribution in [1.29, 1.82) is 0 Å². The van der Waals surface area contributed by atoms with Gasteiger partial charge in [-0.1, -0.05) is 23.7 Å². The van der Waals surface area contributed by atoms with Gasteiger partial charge >= 0.3 is 5.97 Å². The van der Waals surface area contributed by atoms with Gasteiger partial charge in [-0.05, 0) is 44.0 Å². The van der Waals surface area contributed by atoms with Crippen molar-refractivity contribution in [1.82, 2.24) is 5.32 Å². The molecule has 0 aliphatic heterocycles. The first kappa shape index (κ1) is 16.2.